The minimum Gasteiger partial charge on any atom is -0.377 e. The molecule has 46 heavy (non-hydrogen) atoms. The summed E-state index contributed by atoms with van der Waals surface area (Å²) in [5.74, 6) is 0.765. The predicted octanol–water partition coefficient (Wildman–Crippen LogP) is 3.80. The second kappa shape index (κ2) is 20.7. The third-order valence-electron chi connectivity index (χ3n) is 7.84. The van der Waals surface area contributed by atoms with Gasteiger partial charge in [-0.2, -0.15) is 0 Å². The molecule has 2 aromatic carbocycles. The molecule has 3 rings (SSSR count). The van der Waals surface area contributed by atoms with E-state index in [4.69, 9.17) is 23.7 Å². The van der Waals surface area contributed by atoms with E-state index in [1.807, 2.05) is 29.2 Å². The number of amides is 3. The van der Waals surface area contributed by atoms with Crippen molar-refractivity contribution in [3.05, 3.63) is 53.6 Å². The Hall–Kier alpha value is -3.35. The number of rotatable bonds is 22. The summed E-state index contributed by atoms with van der Waals surface area (Å²) in [5.41, 5.74) is 4.91. The Morgan fingerprint density at radius 3 is 1.85 bits per heavy atom. The molecule has 2 aromatic rings. The van der Waals surface area contributed by atoms with Crippen molar-refractivity contribution in [3.8, 4) is 11.1 Å². The van der Waals surface area contributed by atoms with E-state index >= 15 is 0 Å². The monoisotopic (exact) mass is 641 g/mol. The van der Waals surface area contributed by atoms with Crippen LogP contribution in [0, 0.1) is 5.92 Å². The van der Waals surface area contributed by atoms with Crippen molar-refractivity contribution in [2.24, 2.45) is 5.92 Å². The highest BCUT2D eigenvalue weighted by molar-refractivity contribution is 5.95. The van der Waals surface area contributed by atoms with Crippen molar-refractivity contribution >= 4 is 23.9 Å². The summed E-state index contributed by atoms with van der Waals surface area (Å²) < 4.78 is 27.2. The lowest BCUT2D eigenvalue weighted by molar-refractivity contribution is -0.117. The van der Waals surface area contributed by atoms with Crippen molar-refractivity contribution in [1.29, 1.82) is 0 Å². The minimum atomic E-state index is -0.150. The Morgan fingerprint density at radius 1 is 0.804 bits per heavy atom. The number of benzene rings is 2. The SMILES string of the molecule is CC(=O)N1c2ccc(-c3ccc(C(=O)NCCOCCOCCOCCOCCOCCNC=O)cc3)cc2C(C(C)C)CC1C. The summed E-state index contributed by atoms with van der Waals surface area (Å²) in [7, 11) is 0. The zero-order chi connectivity index (χ0) is 33.1. The number of carbonyl (C=O) groups is 3. The fraction of sp³-hybridized carbons (Fsp3) is 0.571. The fourth-order valence-electron chi connectivity index (χ4n) is 5.52. The number of carbonyl (C=O) groups excluding carboxylic acids is 3. The maximum Gasteiger partial charge on any atom is 0.251 e. The first-order valence-corrected chi connectivity index (χ1v) is 16.2. The van der Waals surface area contributed by atoms with Gasteiger partial charge >= 0.3 is 0 Å². The van der Waals surface area contributed by atoms with Gasteiger partial charge in [-0.3, -0.25) is 14.4 Å². The Balaban J connectivity index is 1.28. The quantitative estimate of drug-likeness (QED) is 0.147. The summed E-state index contributed by atoms with van der Waals surface area (Å²) in [6.45, 7) is 13.7. The molecule has 11 nitrogen and oxygen atoms in total. The van der Waals surface area contributed by atoms with Gasteiger partial charge in [0.15, 0.2) is 0 Å². The van der Waals surface area contributed by atoms with Crippen molar-refractivity contribution in [2.45, 2.75) is 46.1 Å². The predicted molar refractivity (Wildman–Crippen MR) is 177 cm³/mol. The first-order valence-electron chi connectivity index (χ1n) is 16.2. The normalized spacial score (nSPS) is 15.9. The van der Waals surface area contributed by atoms with Gasteiger partial charge in [0.1, 0.15) is 0 Å². The van der Waals surface area contributed by atoms with Gasteiger partial charge in [0.2, 0.25) is 12.3 Å². The molecule has 0 spiro atoms. The van der Waals surface area contributed by atoms with Crippen LogP contribution in [0.15, 0.2) is 42.5 Å². The molecule has 254 valence electrons. The highest BCUT2D eigenvalue weighted by Gasteiger charge is 2.33. The molecule has 2 unspecified atom stereocenters. The molecule has 1 aliphatic rings. The maximum absolute atomic E-state index is 12.6. The van der Waals surface area contributed by atoms with Crippen LogP contribution in [-0.4, -0.2) is 103 Å². The zero-order valence-corrected chi connectivity index (χ0v) is 27.8. The Morgan fingerprint density at radius 2 is 1.33 bits per heavy atom. The van der Waals surface area contributed by atoms with Crippen molar-refractivity contribution < 1.29 is 38.1 Å². The molecule has 0 saturated carbocycles. The van der Waals surface area contributed by atoms with Crippen molar-refractivity contribution in [1.82, 2.24) is 10.6 Å². The highest BCUT2D eigenvalue weighted by atomic mass is 16.6. The van der Waals surface area contributed by atoms with Gasteiger partial charge in [0.05, 0.1) is 66.1 Å². The third-order valence-corrected chi connectivity index (χ3v) is 7.84. The summed E-state index contributed by atoms with van der Waals surface area (Å²) in [4.78, 5) is 37.1. The lowest BCUT2D eigenvalue weighted by atomic mass is 9.78. The Bertz CT molecular complexity index is 1210. The van der Waals surface area contributed by atoms with Crippen LogP contribution >= 0.6 is 0 Å². The molecule has 1 aliphatic heterocycles. The van der Waals surface area contributed by atoms with Gasteiger partial charge in [0, 0.05) is 37.3 Å². The molecule has 1 heterocycles. The third kappa shape index (κ3) is 12.1. The van der Waals surface area contributed by atoms with Crippen molar-refractivity contribution in [2.75, 3.05) is 84.1 Å². The molecule has 0 aromatic heterocycles. The van der Waals surface area contributed by atoms with Crippen LogP contribution in [0.1, 0.15) is 56.0 Å². The summed E-state index contributed by atoms with van der Waals surface area (Å²) in [6.07, 6.45) is 1.58. The van der Waals surface area contributed by atoms with Crippen LogP contribution in [0.25, 0.3) is 11.1 Å². The van der Waals surface area contributed by atoms with Crippen LogP contribution in [0.2, 0.25) is 0 Å². The van der Waals surface area contributed by atoms with Gasteiger partial charge in [-0.15, -0.1) is 0 Å². The van der Waals surface area contributed by atoms with Gasteiger partial charge in [-0.1, -0.05) is 32.0 Å². The number of fused-ring (bicyclic) bond motifs is 1. The number of hydrogen-bond donors (Lipinski definition) is 2. The van der Waals surface area contributed by atoms with E-state index in [1.54, 1.807) is 6.92 Å². The van der Waals surface area contributed by atoms with Gasteiger partial charge in [-0.25, -0.2) is 0 Å². The molecule has 0 radical (unpaired) electrons. The maximum atomic E-state index is 12.6. The standard InChI is InChI=1S/C35H51N3O8/c1-26(2)32-23-27(3)38(28(4)40)34-10-9-31(24-33(32)34)29-5-7-30(8-6-29)35(41)37-12-14-43-16-18-45-20-22-46-21-19-44-17-15-42-13-11-36-25-39/h5-10,24-27,32H,11-23H2,1-4H3,(H,36,39)(H,37,41). The average Bonchev–Trinajstić information content (AvgIpc) is 3.05. The molecular formula is C35H51N3O8. The highest BCUT2D eigenvalue weighted by Crippen LogP contribution is 2.43. The number of nitrogens with zero attached hydrogens (tertiary/aromatic N) is 1. The number of nitrogens with one attached hydrogen (secondary N) is 2. The number of ether oxygens (including phenoxy) is 5. The van der Waals surface area contributed by atoms with Crippen LogP contribution in [0.3, 0.4) is 0 Å². The topological polar surface area (TPSA) is 125 Å². The second-order valence-corrected chi connectivity index (χ2v) is 11.6. The summed E-state index contributed by atoms with van der Waals surface area (Å²) in [6, 6.07) is 14.1. The molecule has 2 N–H and O–H groups in total. The molecule has 2 atom stereocenters. The van der Waals surface area contributed by atoms with Crippen LogP contribution in [0.5, 0.6) is 0 Å². The smallest absolute Gasteiger partial charge is 0.251 e. The van der Waals surface area contributed by atoms with Gasteiger partial charge in [0.25, 0.3) is 5.91 Å². The van der Waals surface area contributed by atoms with Crippen LogP contribution < -0.4 is 15.5 Å². The zero-order valence-electron chi connectivity index (χ0n) is 27.8. The number of hydrogen-bond acceptors (Lipinski definition) is 8. The van der Waals surface area contributed by atoms with E-state index in [0.29, 0.717) is 103 Å². The van der Waals surface area contributed by atoms with E-state index in [-0.39, 0.29) is 17.9 Å². The van der Waals surface area contributed by atoms with E-state index in [1.165, 1.54) is 5.56 Å². The average molecular weight is 642 g/mol. The lowest BCUT2D eigenvalue weighted by Gasteiger charge is -2.40. The largest absolute Gasteiger partial charge is 0.377 e. The first-order chi connectivity index (χ1) is 22.3. The molecule has 0 saturated heterocycles. The first kappa shape index (κ1) is 37.1. The van der Waals surface area contributed by atoms with E-state index in [2.05, 4.69) is 49.6 Å². The van der Waals surface area contributed by atoms with Crippen molar-refractivity contribution in [3.63, 3.8) is 0 Å². The Kier molecular flexibility index (Phi) is 16.7. The minimum absolute atomic E-state index is 0.0687. The Labute approximate surface area is 273 Å². The summed E-state index contributed by atoms with van der Waals surface area (Å²) >= 11 is 0. The molecular weight excluding hydrogens is 590 g/mol. The second-order valence-electron chi connectivity index (χ2n) is 11.6. The van der Waals surface area contributed by atoms with Gasteiger partial charge in [-0.05, 0) is 66.1 Å². The van der Waals surface area contributed by atoms with Crippen LogP contribution in [-0.2, 0) is 33.3 Å². The summed E-state index contributed by atoms with van der Waals surface area (Å²) in [5, 5.41) is 5.41. The molecule has 11 heteroatoms. The fourth-order valence-corrected chi connectivity index (χ4v) is 5.52. The van der Waals surface area contributed by atoms with E-state index in [0.717, 1.165) is 23.2 Å². The van der Waals surface area contributed by atoms with E-state index in [9.17, 15) is 14.4 Å². The molecule has 0 fully saturated rings. The molecule has 0 aliphatic carbocycles. The molecule has 3 amide bonds. The lowest BCUT2D eigenvalue weighted by Crippen LogP contribution is -2.42. The van der Waals surface area contributed by atoms with Gasteiger partial charge < -0.3 is 39.2 Å². The molecule has 0 bridgehead atoms. The number of anilines is 1. The van der Waals surface area contributed by atoms with E-state index < -0.39 is 0 Å². The van der Waals surface area contributed by atoms with Crippen LogP contribution in [0.4, 0.5) is 5.69 Å².